The third-order valence-electron chi connectivity index (χ3n) is 5.34. The number of piperidine rings is 1. The second-order valence-electron chi connectivity index (χ2n) is 7.51. The molecule has 3 aromatic rings. The van der Waals surface area contributed by atoms with Gasteiger partial charge in [-0.15, -0.1) is 0 Å². The number of benzene rings is 3. The Bertz CT molecular complexity index is 1060. The molecule has 4 rings (SSSR count). The Hall–Kier alpha value is -3.54. The fourth-order valence-electron chi connectivity index (χ4n) is 3.75. The molecule has 30 heavy (non-hydrogen) atoms. The van der Waals surface area contributed by atoms with Gasteiger partial charge in [-0.25, -0.2) is 4.79 Å². The normalized spacial score (nSPS) is 13.8. The van der Waals surface area contributed by atoms with E-state index in [1.54, 1.807) is 12.1 Å². The maximum atomic E-state index is 12.4. The van der Waals surface area contributed by atoms with Crippen LogP contribution in [0.1, 0.15) is 29.6 Å². The van der Waals surface area contributed by atoms with Crippen LogP contribution in [0.3, 0.4) is 0 Å². The molecule has 0 bridgehead atoms. The van der Waals surface area contributed by atoms with Gasteiger partial charge in [-0.2, -0.15) is 0 Å². The fourth-order valence-corrected chi connectivity index (χ4v) is 3.75. The van der Waals surface area contributed by atoms with Crippen LogP contribution in [0.4, 0.5) is 17.1 Å². The predicted molar refractivity (Wildman–Crippen MR) is 120 cm³/mol. The molecule has 0 unspecified atom stereocenters. The minimum atomic E-state index is -0.617. The van der Waals surface area contributed by atoms with Crippen molar-refractivity contribution in [2.24, 2.45) is 0 Å². The Morgan fingerprint density at radius 3 is 2.30 bits per heavy atom. The van der Waals surface area contributed by atoms with Crippen molar-refractivity contribution in [1.82, 2.24) is 0 Å². The molecule has 154 valence electrons. The smallest absolute Gasteiger partial charge is 0.340 e. The molecule has 3 N–H and O–H groups in total. The molecule has 1 aliphatic rings. The first kappa shape index (κ1) is 19.8. The largest absolute Gasteiger partial charge is 0.452 e. The minimum Gasteiger partial charge on any atom is -0.452 e. The first-order chi connectivity index (χ1) is 14.6. The minimum absolute atomic E-state index is 0.257. The standard InChI is InChI=1S/C24H25N3O3/c25-22-15-18-7-3-2-6-17(18)14-21(22)24(29)30-16-23(28)26-19-8-10-20(11-9-19)27-12-4-1-5-13-27/h2-3,6-11,14-15H,1,4-5,12-13,16,25H2,(H,26,28). The number of fused-ring (bicyclic) bond motifs is 1. The summed E-state index contributed by atoms with van der Waals surface area (Å²) >= 11 is 0. The number of hydrogen-bond donors (Lipinski definition) is 2. The van der Waals surface area contributed by atoms with Crippen molar-refractivity contribution in [3.63, 3.8) is 0 Å². The number of hydrogen-bond acceptors (Lipinski definition) is 5. The lowest BCUT2D eigenvalue weighted by Gasteiger charge is -2.28. The highest BCUT2D eigenvalue weighted by Crippen LogP contribution is 2.23. The van der Waals surface area contributed by atoms with E-state index in [1.807, 2.05) is 48.5 Å². The highest BCUT2D eigenvalue weighted by molar-refractivity contribution is 6.02. The van der Waals surface area contributed by atoms with Gasteiger partial charge in [-0.1, -0.05) is 24.3 Å². The number of carbonyl (C=O) groups excluding carboxylic acids is 2. The van der Waals surface area contributed by atoms with Crippen LogP contribution >= 0.6 is 0 Å². The number of carbonyl (C=O) groups is 2. The van der Waals surface area contributed by atoms with Crippen LogP contribution < -0.4 is 16.0 Å². The van der Waals surface area contributed by atoms with Crippen LogP contribution in [0.15, 0.2) is 60.7 Å². The van der Waals surface area contributed by atoms with Crippen LogP contribution in [0.2, 0.25) is 0 Å². The molecule has 3 aromatic carbocycles. The molecule has 1 heterocycles. The summed E-state index contributed by atoms with van der Waals surface area (Å²) in [4.78, 5) is 27.0. The summed E-state index contributed by atoms with van der Waals surface area (Å²) < 4.78 is 5.17. The SMILES string of the molecule is Nc1cc2ccccc2cc1C(=O)OCC(=O)Nc1ccc(N2CCCCC2)cc1. The molecule has 0 spiro atoms. The molecule has 0 aliphatic carbocycles. The third-order valence-corrected chi connectivity index (χ3v) is 5.34. The van der Waals surface area contributed by atoms with E-state index in [0.29, 0.717) is 11.4 Å². The van der Waals surface area contributed by atoms with Crippen LogP contribution in [0.25, 0.3) is 10.8 Å². The van der Waals surface area contributed by atoms with Crippen molar-refractivity contribution < 1.29 is 14.3 Å². The second kappa shape index (κ2) is 8.86. The number of nitrogen functional groups attached to an aromatic ring is 1. The maximum absolute atomic E-state index is 12.4. The average Bonchev–Trinajstić information content (AvgIpc) is 2.78. The molecule has 0 aromatic heterocycles. The lowest BCUT2D eigenvalue weighted by Crippen LogP contribution is -2.29. The summed E-state index contributed by atoms with van der Waals surface area (Å²) in [5, 5.41) is 4.59. The number of ether oxygens (including phenoxy) is 1. The molecular formula is C24H25N3O3. The molecule has 1 saturated heterocycles. The molecule has 6 heteroatoms. The van der Waals surface area contributed by atoms with Crippen molar-refractivity contribution in [3.05, 3.63) is 66.2 Å². The lowest BCUT2D eigenvalue weighted by molar-refractivity contribution is -0.119. The summed E-state index contributed by atoms with van der Waals surface area (Å²) in [6, 6.07) is 18.8. The number of anilines is 3. The van der Waals surface area contributed by atoms with Gasteiger partial charge in [-0.05, 0) is 66.4 Å². The Morgan fingerprint density at radius 2 is 1.60 bits per heavy atom. The molecular weight excluding hydrogens is 378 g/mol. The van der Waals surface area contributed by atoms with Crippen LogP contribution in [-0.4, -0.2) is 31.6 Å². The zero-order valence-corrected chi connectivity index (χ0v) is 16.8. The zero-order chi connectivity index (χ0) is 20.9. The van der Waals surface area contributed by atoms with Crippen LogP contribution in [0, 0.1) is 0 Å². The molecule has 1 amide bonds. The fraction of sp³-hybridized carbons (Fsp3) is 0.250. The van der Waals surface area contributed by atoms with Gasteiger partial charge in [0.15, 0.2) is 6.61 Å². The van der Waals surface area contributed by atoms with Gasteiger partial charge in [0, 0.05) is 30.2 Å². The average molecular weight is 403 g/mol. The first-order valence-electron chi connectivity index (χ1n) is 10.2. The number of nitrogens with two attached hydrogens (primary N) is 1. The Morgan fingerprint density at radius 1 is 0.933 bits per heavy atom. The third kappa shape index (κ3) is 4.54. The highest BCUT2D eigenvalue weighted by Gasteiger charge is 2.15. The Balaban J connectivity index is 1.33. The molecule has 0 atom stereocenters. The van der Waals surface area contributed by atoms with Gasteiger partial charge in [-0.3, -0.25) is 4.79 Å². The van der Waals surface area contributed by atoms with E-state index in [0.717, 1.165) is 29.5 Å². The van der Waals surface area contributed by atoms with E-state index in [2.05, 4.69) is 10.2 Å². The molecule has 0 saturated carbocycles. The van der Waals surface area contributed by atoms with E-state index in [1.165, 1.54) is 19.3 Å². The van der Waals surface area contributed by atoms with Gasteiger partial charge in [0.05, 0.1) is 5.56 Å². The van der Waals surface area contributed by atoms with Gasteiger partial charge < -0.3 is 20.7 Å². The molecule has 6 nitrogen and oxygen atoms in total. The monoisotopic (exact) mass is 403 g/mol. The van der Waals surface area contributed by atoms with Crippen molar-refractivity contribution in [3.8, 4) is 0 Å². The number of amides is 1. The molecule has 0 radical (unpaired) electrons. The van der Waals surface area contributed by atoms with Crippen molar-refractivity contribution >= 4 is 39.7 Å². The van der Waals surface area contributed by atoms with Gasteiger partial charge in [0.1, 0.15) is 0 Å². The van der Waals surface area contributed by atoms with E-state index in [-0.39, 0.29) is 12.2 Å². The summed E-state index contributed by atoms with van der Waals surface area (Å²) in [5.41, 5.74) is 8.40. The summed E-state index contributed by atoms with van der Waals surface area (Å²) in [6.45, 7) is 1.76. The van der Waals surface area contributed by atoms with E-state index >= 15 is 0 Å². The highest BCUT2D eigenvalue weighted by atomic mass is 16.5. The van der Waals surface area contributed by atoms with Crippen LogP contribution in [-0.2, 0) is 9.53 Å². The summed E-state index contributed by atoms with van der Waals surface area (Å²) in [5.74, 6) is -1.01. The van der Waals surface area contributed by atoms with Gasteiger partial charge in [0.25, 0.3) is 5.91 Å². The summed E-state index contributed by atoms with van der Waals surface area (Å²) in [6.07, 6.45) is 3.71. The lowest BCUT2D eigenvalue weighted by atomic mass is 10.1. The molecule has 1 aliphatic heterocycles. The number of nitrogens with zero attached hydrogens (tertiary/aromatic N) is 1. The molecule has 1 fully saturated rings. The second-order valence-corrected chi connectivity index (χ2v) is 7.51. The predicted octanol–water partition coefficient (Wildman–Crippen LogP) is 4.21. The van der Waals surface area contributed by atoms with Crippen molar-refractivity contribution in [1.29, 1.82) is 0 Å². The Kier molecular flexibility index (Phi) is 5.84. The van der Waals surface area contributed by atoms with Crippen molar-refractivity contribution in [2.45, 2.75) is 19.3 Å². The number of rotatable bonds is 5. The van der Waals surface area contributed by atoms with Crippen molar-refractivity contribution in [2.75, 3.05) is 35.6 Å². The van der Waals surface area contributed by atoms with Gasteiger partial charge >= 0.3 is 5.97 Å². The number of nitrogens with one attached hydrogen (secondary N) is 1. The van der Waals surface area contributed by atoms with E-state index in [9.17, 15) is 9.59 Å². The summed E-state index contributed by atoms with van der Waals surface area (Å²) in [7, 11) is 0. The van der Waals surface area contributed by atoms with Crippen LogP contribution in [0.5, 0.6) is 0 Å². The Labute approximate surface area is 175 Å². The topological polar surface area (TPSA) is 84.7 Å². The van der Waals surface area contributed by atoms with Gasteiger partial charge in [0.2, 0.25) is 0 Å². The number of esters is 1. The quantitative estimate of drug-likeness (QED) is 0.492. The van der Waals surface area contributed by atoms with E-state index < -0.39 is 11.9 Å². The maximum Gasteiger partial charge on any atom is 0.340 e. The zero-order valence-electron chi connectivity index (χ0n) is 16.8. The first-order valence-corrected chi connectivity index (χ1v) is 10.2. The van der Waals surface area contributed by atoms with E-state index in [4.69, 9.17) is 10.5 Å².